The summed E-state index contributed by atoms with van der Waals surface area (Å²) in [6.45, 7) is 4.98. The van der Waals surface area contributed by atoms with Crippen LogP contribution in [-0.2, 0) is 6.18 Å². The summed E-state index contributed by atoms with van der Waals surface area (Å²) in [6.07, 6.45) is -4.00. The van der Waals surface area contributed by atoms with Gasteiger partial charge in [-0.25, -0.2) is 4.39 Å². The Bertz CT molecular complexity index is 536. The molecule has 0 aromatic heterocycles. The third-order valence-corrected chi connectivity index (χ3v) is 3.48. The molecule has 1 saturated heterocycles. The van der Waals surface area contributed by atoms with Crippen molar-refractivity contribution in [2.75, 3.05) is 13.1 Å². The molecule has 0 atom stereocenters. The van der Waals surface area contributed by atoms with Gasteiger partial charge < -0.3 is 4.90 Å². The predicted octanol–water partition coefficient (Wildman–Crippen LogP) is 3.72. The molecule has 1 aromatic carbocycles. The lowest BCUT2D eigenvalue weighted by Crippen LogP contribution is -2.30. The molecule has 1 aromatic rings. The number of hydrogen-bond donors (Lipinski definition) is 0. The first-order valence-corrected chi connectivity index (χ1v) is 6.26. The highest BCUT2D eigenvalue weighted by Gasteiger charge is 2.36. The van der Waals surface area contributed by atoms with E-state index in [1.807, 2.05) is 13.8 Å². The van der Waals surface area contributed by atoms with Crippen LogP contribution in [0.5, 0.6) is 0 Å². The lowest BCUT2D eigenvalue weighted by Gasteiger charge is -2.20. The summed E-state index contributed by atoms with van der Waals surface area (Å²) in [5.74, 6) is -1.85. The number of benzene rings is 1. The van der Waals surface area contributed by atoms with E-state index in [1.54, 1.807) is 0 Å². The number of amides is 1. The molecule has 6 heteroatoms. The number of hydrogen-bond acceptors (Lipinski definition) is 1. The Labute approximate surface area is 114 Å². The highest BCUT2D eigenvalue weighted by atomic mass is 19.4. The molecule has 0 N–H and O–H groups in total. The van der Waals surface area contributed by atoms with E-state index in [9.17, 15) is 22.4 Å². The molecule has 2 nitrogen and oxygen atoms in total. The van der Waals surface area contributed by atoms with Crippen LogP contribution in [0.1, 0.15) is 36.2 Å². The van der Waals surface area contributed by atoms with E-state index in [0.29, 0.717) is 25.2 Å². The van der Waals surface area contributed by atoms with E-state index < -0.39 is 23.5 Å². The minimum Gasteiger partial charge on any atom is -0.338 e. The smallest absolute Gasteiger partial charge is 0.338 e. The molecule has 1 fully saturated rings. The van der Waals surface area contributed by atoms with Gasteiger partial charge in [-0.15, -0.1) is 0 Å². The van der Waals surface area contributed by atoms with Crippen molar-refractivity contribution in [3.63, 3.8) is 0 Å². The van der Waals surface area contributed by atoms with Gasteiger partial charge in [-0.2, -0.15) is 13.2 Å². The van der Waals surface area contributed by atoms with Gasteiger partial charge in [0, 0.05) is 18.7 Å². The van der Waals surface area contributed by atoms with Gasteiger partial charge >= 0.3 is 6.18 Å². The van der Waals surface area contributed by atoms with Crippen molar-refractivity contribution < 1.29 is 22.4 Å². The number of rotatable bonds is 1. The van der Waals surface area contributed by atoms with E-state index in [2.05, 4.69) is 0 Å². The number of halogens is 4. The fourth-order valence-electron chi connectivity index (χ4n) is 2.34. The van der Waals surface area contributed by atoms with Gasteiger partial charge in [-0.3, -0.25) is 4.79 Å². The second-order valence-electron chi connectivity index (χ2n) is 5.83. The molecule has 1 aliphatic rings. The number of carbonyl (C=O) groups is 1. The zero-order valence-electron chi connectivity index (χ0n) is 11.2. The molecule has 0 radical (unpaired) electrons. The van der Waals surface area contributed by atoms with E-state index in [1.165, 1.54) is 4.90 Å². The van der Waals surface area contributed by atoms with E-state index in [0.717, 1.165) is 12.5 Å². The van der Waals surface area contributed by atoms with E-state index >= 15 is 0 Å². The molecule has 0 aliphatic carbocycles. The molecule has 0 unspecified atom stereocenters. The minimum absolute atomic E-state index is 0.0391. The van der Waals surface area contributed by atoms with Gasteiger partial charge in [-0.1, -0.05) is 13.8 Å². The lowest BCUT2D eigenvalue weighted by atomic mass is 9.93. The van der Waals surface area contributed by atoms with Gasteiger partial charge in [0.1, 0.15) is 5.82 Å². The van der Waals surface area contributed by atoms with Crippen LogP contribution >= 0.6 is 0 Å². The lowest BCUT2D eigenvalue weighted by molar-refractivity contribution is -0.140. The summed E-state index contributed by atoms with van der Waals surface area (Å²) in [5, 5.41) is 0. The Morgan fingerprint density at radius 1 is 1.30 bits per heavy atom. The van der Waals surface area contributed by atoms with Crippen molar-refractivity contribution in [1.82, 2.24) is 4.90 Å². The van der Waals surface area contributed by atoms with Crippen molar-refractivity contribution in [3.05, 3.63) is 35.1 Å². The molecular weight excluding hydrogens is 274 g/mol. The first-order valence-electron chi connectivity index (χ1n) is 6.26. The van der Waals surface area contributed by atoms with Crippen LogP contribution in [0.2, 0.25) is 0 Å². The number of carbonyl (C=O) groups excluding carboxylic acids is 1. The summed E-state index contributed by atoms with van der Waals surface area (Å²) in [7, 11) is 0. The molecular formula is C14H15F4NO. The minimum atomic E-state index is -4.80. The first-order chi connectivity index (χ1) is 9.10. The van der Waals surface area contributed by atoms with Crippen molar-refractivity contribution >= 4 is 5.91 Å². The normalized spacial score (nSPS) is 18.4. The van der Waals surface area contributed by atoms with Crippen molar-refractivity contribution in [2.24, 2.45) is 5.41 Å². The molecule has 1 heterocycles. The molecule has 110 valence electrons. The summed E-state index contributed by atoms with van der Waals surface area (Å²) in [5.41, 5.74) is -1.57. The van der Waals surface area contributed by atoms with Crippen LogP contribution in [0.3, 0.4) is 0 Å². The molecule has 1 amide bonds. The summed E-state index contributed by atoms with van der Waals surface area (Å²) < 4.78 is 51.1. The fourth-order valence-corrected chi connectivity index (χ4v) is 2.34. The molecule has 0 spiro atoms. The standard InChI is InChI=1S/C14H15F4NO/c1-13(2)5-6-19(8-13)12(20)9-3-4-11(15)10(7-9)14(16,17)18/h3-4,7H,5-6,8H2,1-2H3. The highest BCUT2D eigenvalue weighted by molar-refractivity contribution is 5.94. The number of alkyl halides is 3. The largest absolute Gasteiger partial charge is 0.419 e. The Morgan fingerprint density at radius 3 is 2.45 bits per heavy atom. The maximum atomic E-state index is 13.2. The van der Waals surface area contributed by atoms with Crippen molar-refractivity contribution in [2.45, 2.75) is 26.4 Å². The third-order valence-electron chi connectivity index (χ3n) is 3.48. The average Bonchev–Trinajstić information content (AvgIpc) is 2.68. The summed E-state index contributed by atoms with van der Waals surface area (Å²) >= 11 is 0. The molecule has 1 aliphatic heterocycles. The average molecular weight is 289 g/mol. The third kappa shape index (κ3) is 2.94. The van der Waals surface area contributed by atoms with E-state index in [4.69, 9.17) is 0 Å². The van der Waals surface area contributed by atoms with Crippen LogP contribution in [0, 0.1) is 11.2 Å². The fraction of sp³-hybridized carbons (Fsp3) is 0.500. The van der Waals surface area contributed by atoms with Crippen molar-refractivity contribution in [1.29, 1.82) is 0 Å². The zero-order valence-corrected chi connectivity index (χ0v) is 11.2. The van der Waals surface area contributed by atoms with Gasteiger partial charge in [0.25, 0.3) is 5.91 Å². The zero-order chi connectivity index (χ0) is 15.1. The first kappa shape index (κ1) is 14.8. The second kappa shape index (κ2) is 4.75. The Hall–Kier alpha value is -1.59. The Balaban J connectivity index is 2.28. The highest BCUT2D eigenvalue weighted by Crippen LogP contribution is 2.33. The number of nitrogens with zero attached hydrogens (tertiary/aromatic N) is 1. The van der Waals surface area contributed by atoms with Gasteiger partial charge in [-0.05, 0) is 30.0 Å². The van der Waals surface area contributed by atoms with Crippen LogP contribution in [0.4, 0.5) is 17.6 Å². The van der Waals surface area contributed by atoms with Crippen LogP contribution in [0.25, 0.3) is 0 Å². The van der Waals surface area contributed by atoms with Gasteiger partial charge in [0.15, 0.2) is 0 Å². The predicted molar refractivity (Wildman–Crippen MR) is 65.7 cm³/mol. The second-order valence-corrected chi connectivity index (χ2v) is 5.83. The Morgan fingerprint density at radius 2 is 1.95 bits per heavy atom. The monoisotopic (exact) mass is 289 g/mol. The van der Waals surface area contributed by atoms with Crippen LogP contribution in [0.15, 0.2) is 18.2 Å². The Kier molecular flexibility index (Phi) is 3.52. The number of likely N-dealkylation sites (tertiary alicyclic amines) is 1. The molecule has 0 bridgehead atoms. The van der Waals surface area contributed by atoms with Gasteiger partial charge in [0.2, 0.25) is 0 Å². The summed E-state index contributed by atoms with van der Waals surface area (Å²) in [6, 6.07) is 2.37. The quantitative estimate of drug-likeness (QED) is 0.722. The summed E-state index contributed by atoms with van der Waals surface area (Å²) in [4.78, 5) is 13.7. The van der Waals surface area contributed by atoms with Crippen LogP contribution in [-0.4, -0.2) is 23.9 Å². The molecule has 20 heavy (non-hydrogen) atoms. The molecule has 0 saturated carbocycles. The SMILES string of the molecule is CC1(C)CCN(C(=O)c2ccc(F)c(C(F)(F)F)c2)C1. The maximum absolute atomic E-state index is 13.2. The molecule has 2 rings (SSSR count). The maximum Gasteiger partial charge on any atom is 0.419 e. The topological polar surface area (TPSA) is 20.3 Å². The van der Waals surface area contributed by atoms with E-state index in [-0.39, 0.29) is 11.0 Å². The van der Waals surface area contributed by atoms with Gasteiger partial charge in [0.05, 0.1) is 5.56 Å². The van der Waals surface area contributed by atoms with Crippen LogP contribution < -0.4 is 0 Å². The van der Waals surface area contributed by atoms with Crippen molar-refractivity contribution in [3.8, 4) is 0 Å².